The van der Waals surface area contributed by atoms with Crippen molar-refractivity contribution in [3.05, 3.63) is 72.6 Å². The van der Waals surface area contributed by atoms with Crippen LogP contribution in [0.25, 0.3) is 0 Å². The van der Waals surface area contributed by atoms with E-state index >= 15 is 0 Å². The lowest BCUT2D eigenvalue weighted by Gasteiger charge is -2.32. The Morgan fingerprint density at radius 1 is 1.28 bits per heavy atom. The lowest BCUT2D eigenvalue weighted by molar-refractivity contribution is -0.120. The second kappa shape index (κ2) is 5.94. The van der Waals surface area contributed by atoms with Crippen LogP contribution in [0.4, 0.5) is 11.6 Å². The summed E-state index contributed by atoms with van der Waals surface area (Å²) in [7, 11) is 0. The Hall–Kier alpha value is -3.35. The summed E-state index contributed by atoms with van der Waals surface area (Å²) in [4.78, 5) is 17.2. The first kappa shape index (κ1) is 15.2. The molecule has 2 aromatic heterocycles. The molecule has 7 nitrogen and oxygen atoms in total. The molecule has 3 heterocycles. The fraction of sp³-hybridized carbons (Fsp3) is 0.167. The minimum Gasteiger partial charge on any atom is -0.464 e. The van der Waals surface area contributed by atoms with Gasteiger partial charge in [0.1, 0.15) is 29.8 Å². The second-order valence-corrected chi connectivity index (χ2v) is 5.90. The Labute approximate surface area is 144 Å². The van der Waals surface area contributed by atoms with Gasteiger partial charge in [-0.3, -0.25) is 4.79 Å². The van der Waals surface area contributed by atoms with Crippen molar-refractivity contribution in [3.63, 3.8) is 0 Å². The number of aryl methyl sites for hydroxylation is 1. The average Bonchev–Trinajstić information content (AvgIpc) is 3.23. The lowest BCUT2D eigenvalue weighted by Crippen LogP contribution is -2.39. The van der Waals surface area contributed by atoms with Gasteiger partial charge in [0, 0.05) is 11.4 Å². The number of amides is 1. The number of benzene rings is 1. The molecule has 25 heavy (non-hydrogen) atoms. The first-order valence-corrected chi connectivity index (χ1v) is 7.91. The van der Waals surface area contributed by atoms with Gasteiger partial charge in [-0.2, -0.15) is 10.1 Å². The molecular weight excluding hydrogens is 318 g/mol. The first-order chi connectivity index (χ1) is 12.1. The molecule has 2 atom stereocenters. The van der Waals surface area contributed by atoms with Crippen LogP contribution in [0.15, 0.2) is 65.5 Å². The Morgan fingerprint density at radius 2 is 2.08 bits per heavy atom. The van der Waals surface area contributed by atoms with Gasteiger partial charge in [-0.25, -0.2) is 4.68 Å². The number of furan rings is 1. The van der Waals surface area contributed by atoms with Gasteiger partial charge in [-0.1, -0.05) is 24.8 Å². The van der Waals surface area contributed by atoms with Crippen LogP contribution in [0.1, 0.15) is 17.6 Å². The smallest absolute Gasteiger partial charge is 0.236 e. The molecule has 0 saturated heterocycles. The van der Waals surface area contributed by atoms with Crippen molar-refractivity contribution in [3.8, 4) is 0 Å². The summed E-state index contributed by atoms with van der Waals surface area (Å²) in [5.74, 6) is 1.15. The molecule has 0 radical (unpaired) electrons. The van der Waals surface area contributed by atoms with E-state index in [4.69, 9.17) is 4.42 Å². The highest BCUT2D eigenvalue weighted by Gasteiger charge is 2.41. The molecule has 7 heteroatoms. The van der Waals surface area contributed by atoms with E-state index in [0.717, 1.165) is 11.4 Å². The third-order valence-electron chi connectivity index (χ3n) is 4.18. The fourth-order valence-electron chi connectivity index (χ4n) is 3.04. The minimum absolute atomic E-state index is 0.191. The first-order valence-electron chi connectivity index (χ1n) is 7.91. The molecule has 1 aromatic carbocycles. The number of hydrogen-bond donors (Lipinski definition) is 2. The molecule has 0 saturated carbocycles. The zero-order chi connectivity index (χ0) is 17.4. The molecule has 1 aliphatic heterocycles. The Kier molecular flexibility index (Phi) is 3.61. The van der Waals surface area contributed by atoms with E-state index in [1.807, 2.05) is 49.4 Å². The third-order valence-corrected chi connectivity index (χ3v) is 4.18. The quantitative estimate of drug-likeness (QED) is 0.769. The summed E-state index contributed by atoms with van der Waals surface area (Å²) in [5.41, 5.74) is 1.27. The number of carbonyl (C=O) groups excluding carboxylic acids is 1. The number of nitrogens with zero attached hydrogens (tertiary/aromatic N) is 3. The average molecular weight is 335 g/mol. The van der Waals surface area contributed by atoms with Crippen molar-refractivity contribution < 1.29 is 9.21 Å². The van der Waals surface area contributed by atoms with Gasteiger partial charge in [0.25, 0.3) is 0 Å². The summed E-state index contributed by atoms with van der Waals surface area (Å²) in [6.45, 7) is 5.89. The zero-order valence-corrected chi connectivity index (χ0v) is 13.6. The van der Waals surface area contributed by atoms with Crippen LogP contribution in [0, 0.1) is 12.8 Å². The van der Waals surface area contributed by atoms with Gasteiger partial charge in [-0.15, -0.1) is 0 Å². The molecule has 4 rings (SSSR count). The van der Waals surface area contributed by atoms with E-state index in [1.54, 1.807) is 4.68 Å². The number of anilines is 2. The molecule has 1 amide bonds. The van der Waals surface area contributed by atoms with Crippen LogP contribution in [0.5, 0.6) is 0 Å². The molecule has 0 fully saturated rings. The predicted octanol–water partition coefficient (Wildman–Crippen LogP) is 2.96. The number of rotatable bonds is 3. The van der Waals surface area contributed by atoms with E-state index in [-0.39, 0.29) is 5.91 Å². The van der Waals surface area contributed by atoms with Gasteiger partial charge < -0.3 is 15.1 Å². The number of para-hydroxylation sites is 1. The van der Waals surface area contributed by atoms with Crippen LogP contribution < -0.4 is 10.6 Å². The summed E-state index contributed by atoms with van der Waals surface area (Å²) in [5, 5.41) is 10.2. The van der Waals surface area contributed by atoms with Gasteiger partial charge in [-0.05, 0) is 31.2 Å². The number of aromatic nitrogens is 3. The maximum Gasteiger partial charge on any atom is 0.236 e. The van der Waals surface area contributed by atoms with E-state index in [2.05, 4.69) is 27.3 Å². The topological polar surface area (TPSA) is 85.0 Å². The summed E-state index contributed by atoms with van der Waals surface area (Å²) >= 11 is 0. The standard InChI is InChI=1S/C18H17N5O2/c1-11-8-9-14(25-11)16-15(12(2)21-18-19-10-20-23(16)18)17(24)22-13-6-4-3-5-7-13/h3-10,15-16H,2H2,1H3,(H,22,24)(H,19,20,21)/t15-,16-/m1/s1. The Bertz CT molecular complexity index is 928. The lowest BCUT2D eigenvalue weighted by atomic mass is 9.92. The van der Waals surface area contributed by atoms with E-state index < -0.39 is 12.0 Å². The van der Waals surface area contributed by atoms with Crippen molar-refractivity contribution in [2.45, 2.75) is 13.0 Å². The van der Waals surface area contributed by atoms with Gasteiger partial charge in [0.2, 0.25) is 11.9 Å². The van der Waals surface area contributed by atoms with Crippen molar-refractivity contribution >= 4 is 17.5 Å². The molecule has 0 unspecified atom stereocenters. The molecular formula is C18H17N5O2. The molecule has 0 bridgehead atoms. The molecule has 3 aromatic rings. The van der Waals surface area contributed by atoms with Crippen LogP contribution >= 0.6 is 0 Å². The van der Waals surface area contributed by atoms with Gasteiger partial charge in [0.05, 0.1) is 0 Å². The number of fused-ring (bicyclic) bond motifs is 1. The van der Waals surface area contributed by atoms with Crippen molar-refractivity contribution in [1.29, 1.82) is 0 Å². The van der Waals surface area contributed by atoms with Crippen molar-refractivity contribution in [2.75, 3.05) is 10.6 Å². The number of nitrogens with one attached hydrogen (secondary N) is 2. The minimum atomic E-state index is -0.597. The monoisotopic (exact) mass is 335 g/mol. The molecule has 1 aliphatic rings. The number of carbonyl (C=O) groups is 1. The van der Waals surface area contributed by atoms with E-state index in [0.29, 0.717) is 17.4 Å². The molecule has 126 valence electrons. The maximum atomic E-state index is 13.0. The fourth-order valence-corrected chi connectivity index (χ4v) is 3.04. The molecule has 0 aliphatic carbocycles. The molecule has 2 N–H and O–H groups in total. The summed E-state index contributed by atoms with van der Waals surface area (Å²) < 4.78 is 7.45. The highest BCUT2D eigenvalue weighted by atomic mass is 16.3. The van der Waals surface area contributed by atoms with Gasteiger partial charge in [0.15, 0.2) is 0 Å². The van der Waals surface area contributed by atoms with Crippen LogP contribution in [0.3, 0.4) is 0 Å². The highest BCUT2D eigenvalue weighted by molar-refractivity contribution is 5.95. The zero-order valence-electron chi connectivity index (χ0n) is 13.6. The van der Waals surface area contributed by atoms with E-state index in [1.165, 1.54) is 6.33 Å². The maximum absolute atomic E-state index is 13.0. The van der Waals surface area contributed by atoms with Crippen LogP contribution in [-0.4, -0.2) is 20.7 Å². The Balaban J connectivity index is 1.73. The third kappa shape index (κ3) is 2.69. The van der Waals surface area contributed by atoms with E-state index in [9.17, 15) is 4.79 Å². The highest BCUT2D eigenvalue weighted by Crippen LogP contribution is 2.38. The summed E-state index contributed by atoms with van der Waals surface area (Å²) in [6, 6.07) is 12.6. The van der Waals surface area contributed by atoms with Crippen molar-refractivity contribution in [1.82, 2.24) is 14.8 Å². The van der Waals surface area contributed by atoms with Crippen LogP contribution in [0.2, 0.25) is 0 Å². The SMILES string of the molecule is C=C1Nc2ncnn2[C@H](c2ccc(C)o2)[C@@H]1C(=O)Nc1ccccc1. The Morgan fingerprint density at radius 3 is 2.80 bits per heavy atom. The normalized spacial score (nSPS) is 19.2. The molecule has 0 spiro atoms. The van der Waals surface area contributed by atoms with Gasteiger partial charge >= 0.3 is 0 Å². The predicted molar refractivity (Wildman–Crippen MR) is 92.9 cm³/mol. The van der Waals surface area contributed by atoms with Crippen molar-refractivity contribution in [2.24, 2.45) is 5.92 Å². The van der Waals surface area contributed by atoms with Crippen LogP contribution in [-0.2, 0) is 4.79 Å². The number of hydrogen-bond acceptors (Lipinski definition) is 5. The second-order valence-electron chi connectivity index (χ2n) is 5.90. The largest absolute Gasteiger partial charge is 0.464 e. The summed E-state index contributed by atoms with van der Waals surface area (Å²) in [6.07, 6.45) is 1.44.